The van der Waals surface area contributed by atoms with Crippen molar-refractivity contribution in [2.45, 2.75) is 13.5 Å². The van der Waals surface area contributed by atoms with Gasteiger partial charge in [-0.2, -0.15) is 0 Å². The van der Waals surface area contributed by atoms with Crippen LogP contribution in [0.4, 0.5) is 4.39 Å². The van der Waals surface area contributed by atoms with E-state index in [4.69, 9.17) is 4.74 Å². The fourth-order valence-corrected chi connectivity index (χ4v) is 1.87. The second kappa shape index (κ2) is 5.86. The van der Waals surface area contributed by atoms with E-state index < -0.39 is 12.9 Å². The number of hydrogen-bond acceptors (Lipinski definition) is 3. The Kier molecular flexibility index (Phi) is 4.19. The SMILES string of the molecule is Cc1cc(F)cc(B(O)O)c1OCc1ccccc1. The van der Waals surface area contributed by atoms with Crippen LogP contribution in [0.3, 0.4) is 0 Å². The zero-order valence-electron chi connectivity index (χ0n) is 10.5. The Labute approximate surface area is 111 Å². The van der Waals surface area contributed by atoms with E-state index in [1.807, 2.05) is 30.3 Å². The summed E-state index contributed by atoms with van der Waals surface area (Å²) in [5.41, 5.74) is 1.51. The van der Waals surface area contributed by atoms with Gasteiger partial charge in [0.05, 0.1) is 0 Å². The maximum absolute atomic E-state index is 13.3. The predicted octanol–water partition coefficient (Wildman–Crippen LogP) is 1.39. The van der Waals surface area contributed by atoms with E-state index in [0.29, 0.717) is 11.3 Å². The molecule has 2 aromatic rings. The molecule has 5 heteroatoms. The van der Waals surface area contributed by atoms with Crippen LogP contribution >= 0.6 is 0 Å². The van der Waals surface area contributed by atoms with Crippen molar-refractivity contribution in [3.8, 4) is 5.75 Å². The van der Waals surface area contributed by atoms with E-state index in [0.717, 1.165) is 11.6 Å². The highest BCUT2D eigenvalue weighted by Crippen LogP contribution is 2.18. The highest BCUT2D eigenvalue weighted by Gasteiger charge is 2.20. The van der Waals surface area contributed by atoms with Crippen molar-refractivity contribution in [3.05, 3.63) is 59.4 Å². The summed E-state index contributed by atoms with van der Waals surface area (Å²) in [6.45, 7) is 1.95. The molecule has 3 nitrogen and oxygen atoms in total. The summed E-state index contributed by atoms with van der Waals surface area (Å²) in [6.07, 6.45) is 0. The molecule has 98 valence electrons. The molecule has 0 aliphatic carbocycles. The van der Waals surface area contributed by atoms with Crippen molar-refractivity contribution in [2.75, 3.05) is 0 Å². The van der Waals surface area contributed by atoms with E-state index in [-0.39, 0.29) is 12.1 Å². The fourth-order valence-electron chi connectivity index (χ4n) is 1.87. The van der Waals surface area contributed by atoms with Crippen LogP contribution in [-0.4, -0.2) is 17.2 Å². The molecule has 0 aliphatic heterocycles. The molecule has 0 heterocycles. The Bertz CT molecular complexity index is 558. The van der Waals surface area contributed by atoms with Crippen molar-refractivity contribution in [1.82, 2.24) is 0 Å². The average Bonchev–Trinajstić information content (AvgIpc) is 2.38. The van der Waals surface area contributed by atoms with Crippen LogP contribution in [0.5, 0.6) is 5.75 Å². The minimum atomic E-state index is -1.76. The van der Waals surface area contributed by atoms with E-state index in [9.17, 15) is 14.4 Å². The largest absolute Gasteiger partial charge is 0.492 e. The monoisotopic (exact) mass is 260 g/mol. The molecule has 0 amide bonds. The molecule has 0 atom stereocenters. The highest BCUT2D eigenvalue weighted by molar-refractivity contribution is 6.59. The lowest BCUT2D eigenvalue weighted by atomic mass is 9.78. The van der Waals surface area contributed by atoms with Gasteiger partial charge in [0.15, 0.2) is 0 Å². The molecular weight excluding hydrogens is 246 g/mol. The molecule has 0 radical (unpaired) electrons. The van der Waals surface area contributed by atoms with Crippen molar-refractivity contribution < 1.29 is 19.2 Å². The van der Waals surface area contributed by atoms with Gasteiger partial charge in [0.1, 0.15) is 18.2 Å². The lowest BCUT2D eigenvalue weighted by molar-refractivity contribution is 0.304. The number of aryl methyl sites for hydroxylation is 1. The Hall–Kier alpha value is -1.85. The van der Waals surface area contributed by atoms with Gasteiger partial charge in [0.2, 0.25) is 0 Å². The molecule has 0 bridgehead atoms. The lowest BCUT2D eigenvalue weighted by Crippen LogP contribution is -2.32. The number of rotatable bonds is 4. The van der Waals surface area contributed by atoms with Gasteiger partial charge in [0, 0.05) is 5.46 Å². The van der Waals surface area contributed by atoms with E-state index in [1.165, 1.54) is 6.07 Å². The highest BCUT2D eigenvalue weighted by atomic mass is 19.1. The molecular formula is C14H14BFO3. The molecule has 2 N–H and O–H groups in total. The zero-order chi connectivity index (χ0) is 13.8. The first-order chi connectivity index (χ1) is 9.08. The van der Waals surface area contributed by atoms with E-state index >= 15 is 0 Å². The molecule has 0 aromatic heterocycles. The summed E-state index contributed by atoms with van der Waals surface area (Å²) in [5, 5.41) is 18.5. The van der Waals surface area contributed by atoms with Crippen molar-refractivity contribution in [2.24, 2.45) is 0 Å². The standard InChI is InChI=1S/C14H14BFO3/c1-10-7-12(16)8-13(15(17)18)14(10)19-9-11-5-3-2-4-6-11/h2-8,17-18H,9H2,1H3. The number of ether oxygens (including phenoxy) is 1. The van der Waals surface area contributed by atoms with Gasteiger partial charge in [0.25, 0.3) is 0 Å². The number of benzene rings is 2. The van der Waals surface area contributed by atoms with Crippen LogP contribution in [0, 0.1) is 12.7 Å². The molecule has 2 rings (SSSR count). The maximum atomic E-state index is 13.3. The zero-order valence-corrected chi connectivity index (χ0v) is 10.5. The molecule has 0 saturated carbocycles. The van der Waals surface area contributed by atoms with Gasteiger partial charge in [-0.25, -0.2) is 4.39 Å². The third-order valence-corrected chi connectivity index (χ3v) is 2.77. The molecule has 19 heavy (non-hydrogen) atoms. The van der Waals surface area contributed by atoms with Gasteiger partial charge >= 0.3 is 7.12 Å². The summed E-state index contributed by atoms with van der Waals surface area (Å²) >= 11 is 0. The Morgan fingerprint density at radius 3 is 2.47 bits per heavy atom. The minimum absolute atomic E-state index is 0.0356. The third kappa shape index (κ3) is 3.33. The first kappa shape index (κ1) is 13.6. The van der Waals surface area contributed by atoms with Gasteiger partial charge in [-0.1, -0.05) is 30.3 Å². The molecule has 0 saturated heterocycles. The Balaban J connectivity index is 2.24. The molecule has 0 spiro atoms. The number of halogens is 1. The van der Waals surface area contributed by atoms with Crippen LogP contribution in [0.2, 0.25) is 0 Å². The third-order valence-electron chi connectivity index (χ3n) is 2.77. The van der Waals surface area contributed by atoms with Crippen LogP contribution in [0.15, 0.2) is 42.5 Å². The van der Waals surface area contributed by atoms with Gasteiger partial charge in [-0.15, -0.1) is 0 Å². The quantitative estimate of drug-likeness (QED) is 0.817. The predicted molar refractivity (Wildman–Crippen MR) is 71.7 cm³/mol. The van der Waals surface area contributed by atoms with Crippen molar-refractivity contribution in [1.29, 1.82) is 0 Å². The summed E-state index contributed by atoms with van der Waals surface area (Å²) < 4.78 is 18.8. The van der Waals surface area contributed by atoms with Crippen molar-refractivity contribution in [3.63, 3.8) is 0 Å². The summed E-state index contributed by atoms with van der Waals surface area (Å²) in [7, 11) is -1.76. The summed E-state index contributed by atoms with van der Waals surface area (Å²) in [6, 6.07) is 11.8. The Morgan fingerprint density at radius 2 is 1.84 bits per heavy atom. The maximum Gasteiger partial charge on any atom is 0.492 e. The topological polar surface area (TPSA) is 49.7 Å². The Morgan fingerprint density at radius 1 is 1.16 bits per heavy atom. The van der Waals surface area contributed by atoms with E-state index in [2.05, 4.69) is 0 Å². The molecule has 0 unspecified atom stereocenters. The van der Waals surface area contributed by atoms with Crippen LogP contribution in [0.1, 0.15) is 11.1 Å². The second-order valence-electron chi connectivity index (χ2n) is 4.29. The number of hydrogen-bond donors (Lipinski definition) is 2. The van der Waals surface area contributed by atoms with Gasteiger partial charge in [-0.3, -0.25) is 0 Å². The molecule has 0 aliphatic rings. The fraction of sp³-hybridized carbons (Fsp3) is 0.143. The molecule has 0 fully saturated rings. The molecule has 2 aromatic carbocycles. The lowest BCUT2D eigenvalue weighted by Gasteiger charge is -2.14. The van der Waals surface area contributed by atoms with Crippen LogP contribution < -0.4 is 10.2 Å². The van der Waals surface area contributed by atoms with E-state index in [1.54, 1.807) is 6.92 Å². The summed E-state index contributed by atoms with van der Waals surface area (Å²) in [5.74, 6) is -0.215. The van der Waals surface area contributed by atoms with Gasteiger partial charge in [-0.05, 0) is 30.2 Å². The second-order valence-corrected chi connectivity index (χ2v) is 4.29. The van der Waals surface area contributed by atoms with Crippen molar-refractivity contribution >= 4 is 12.6 Å². The average molecular weight is 260 g/mol. The van der Waals surface area contributed by atoms with Crippen LogP contribution in [0.25, 0.3) is 0 Å². The smallest absolute Gasteiger partial charge is 0.489 e. The normalized spacial score (nSPS) is 10.3. The first-order valence-corrected chi connectivity index (χ1v) is 5.91. The minimum Gasteiger partial charge on any atom is -0.489 e. The van der Waals surface area contributed by atoms with Crippen LogP contribution in [-0.2, 0) is 6.61 Å². The van der Waals surface area contributed by atoms with Gasteiger partial charge < -0.3 is 14.8 Å². The first-order valence-electron chi connectivity index (χ1n) is 5.91. The summed E-state index contributed by atoms with van der Waals surface area (Å²) in [4.78, 5) is 0.